The SMILES string of the molecule is Cc1cc(F)cc(C(=O)N2CCSc3ccc(N)cc32)c1. The second-order valence-electron chi connectivity index (χ2n) is 5.05. The van der Waals surface area contributed by atoms with Gasteiger partial charge in [-0.3, -0.25) is 4.79 Å². The van der Waals surface area contributed by atoms with Crippen LogP contribution in [-0.4, -0.2) is 18.2 Å². The van der Waals surface area contributed by atoms with Crippen molar-refractivity contribution in [1.82, 2.24) is 0 Å². The van der Waals surface area contributed by atoms with Crippen LogP contribution < -0.4 is 10.6 Å². The van der Waals surface area contributed by atoms with E-state index in [2.05, 4.69) is 0 Å². The van der Waals surface area contributed by atoms with E-state index < -0.39 is 5.82 Å². The first-order valence-electron chi connectivity index (χ1n) is 6.66. The molecular formula is C16H15FN2OS. The predicted octanol–water partition coefficient (Wildman–Crippen LogP) is 3.47. The van der Waals surface area contributed by atoms with Crippen LogP contribution in [0.25, 0.3) is 0 Å². The lowest BCUT2D eigenvalue weighted by molar-refractivity contribution is 0.0987. The molecule has 1 aliphatic heterocycles. The molecule has 108 valence electrons. The fraction of sp³-hybridized carbons (Fsp3) is 0.188. The van der Waals surface area contributed by atoms with E-state index in [0.717, 1.165) is 21.9 Å². The lowest BCUT2D eigenvalue weighted by Gasteiger charge is -2.29. The van der Waals surface area contributed by atoms with Crippen molar-refractivity contribution in [3.63, 3.8) is 0 Å². The molecule has 21 heavy (non-hydrogen) atoms. The van der Waals surface area contributed by atoms with Gasteiger partial charge in [0.1, 0.15) is 5.82 Å². The Morgan fingerprint density at radius 2 is 2.10 bits per heavy atom. The first-order chi connectivity index (χ1) is 10.0. The van der Waals surface area contributed by atoms with E-state index in [9.17, 15) is 9.18 Å². The summed E-state index contributed by atoms with van der Waals surface area (Å²) in [5, 5.41) is 0. The Kier molecular flexibility index (Phi) is 3.59. The van der Waals surface area contributed by atoms with Crippen LogP contribution in [-0.2, 0) is 0 Å². The third-order valence-electron chi connectivity index (χ3n) is 3.38. The zero-order valence-corrected chi connectivity index (χ0v) is 12.4. The van der Waals surface area contributed by atoms with Crippen molar-refractivity contribution in [2.24, 2.45) is 0 Å². The molecule has 0 saturated heterocycles. The van der Waals surface area contributed by atoms with Crippen LogP contribution in [0.4, 0.5) is 15.8 Å². The number of nitrogen functional groups attached to an aromatic ring is 1. The summed E-state index contributed by atoms with van der Waals surface area (Å²) >= 11 is 1.70. The molecule has 1 amide bonds. The van der Waals surface area contributed by atoms with Gasteiger partial charge in [-0.15, -0.1) is 11.8 Å². The first-order valence-corrected chi connectivity index (χ1v) is 7.64. The molecule has 0 saturated carbocycles. The average molecular weight is 302 g/mol. The van der Waals surface area contributed by atoms with Crippen LogP contribution in [0, 0.1) is 12.7 Å². The normalized spacial score (nSPS) is 13.9. The largest absolute Gasteiger partial charge is 0.399 e. The van der Waals surface area contributed by atoms with Crippen LogP contribution in [0.2, 0.25) is 0 Å². The minimum Gasteiger partial charge on any atom is -0.399 e. The summed E-state index contributed by atoms with van der Waals surface area (Å²) in [6.07, 6.45) is 0. The number of aryl methyl sites for hydroxylation is 1. The number of carbonyl (C=O) groups excluding carboxylic acids is 1. The number of thioether (sulfide) groups is 1. The highest BCUT2D eigenvalue weighted by Crippen LogP contribution is 2.36. The second-order valence-corrected chi connectivity index (χ2v) is 6.19. The lowest BCUT2D eigenvalue weighted by Crippen LogP contribution is -2.35. The number of rotatable bonds is 1. The molecule has 3 rings (SSSR count). The molecule has 1 aliphatic rings. The number of hydrogen-bond acceptors (Lipinski definition) is 3. The van der Waals surface area contributed by atoms with Crippen molar-refractivity contribution in [3.05, 3.63) is 53.3 Å². The molecule has 2 aromatic carbocycles. The third-order valence-corrected chi connectivity index (χ3v) is 4.42. The molecule has 0 aliphatic carbocycles. The Bertz CT molecular complexity index is 697. The van der Waals surface area contributed by atoms with Crippen molar-refractivity contribution in [1.29, 1.82) is 0 Å². The molecule has 0 spiro atoms. The van der Waals surface area contributed by atoms with Gasteiger partial charge in [0, 0.05) is 28.4 Å². The number of halogens is 1. The van der Waals surface area contributed by atoms with Gasteiger partial charge in [0.25, 0.3) is 5.91 Å². The van der Waals surface area contributed by atoms with Crippen molar-refractivity contribution in [2.45, 2.75) is 11.8 Å². The summed E-state index contributed by atoms with van der Waals surface area (Å²) in [6.45, 7) is 2.37. The summed E-state index contributed by atoms with van der Waals surface area (Å²) in [6, 6.07) is 9.94. The van der Waals surface area contributed by atoms with E-state index in [1.165, 1.54) is 12.1 Å². The van der Waals surface area contributed by atoms with Gasteiger partial charge in [-0.2, -0.15) is 0 Å². The van der Waals surface area contributed by atoms with Crippen molar-refractivity contribution in [2.75, 3.05) is 22.9 Å². The van der Waals surface area contributed by atoms with Crippen LogP contribution >= 0.6 is 11.8 Å². The first kappa shape index (κ1) is 13.9. The quantitative estimate of drug-likeness (QED) is 0.821. The molecule has 3 nitrogen and oxygen atoms in total. The number of fused-ring (bicyclic) bond motifs is 1. The number of nitrogens with zero attached hydrogens (tertiary/aromatic N) is 1. The van der Waals surface area contributed by atoms with Gasteiger partial charge < -0.3 is 10.6 Å². The number of amides is 1. The van der Waals surface area contributed by atoms with Gasteiger partial charge in [-0.1, -0.05) is 0 Å². The maximum absolute atomic E-state index is 13.5. The van der Waals surface area contributed by atoms with Crippen molar-refractivity contribution < 1.29 is 9.18 Å². The molecule has 0 bridgehead atoms. The summed E-state index contributed by atoms with van der Waals surface area (Å²) in [5.41, 5.74) is 8.35. The van der Waals surface area contributed by atoms with Gasteiger partial charge in [0.05, 0.1) is 5.69 Å². The topological polar surface area (TPSA) is 46.3 Å². The summed E-state index contributed by atoms with van der Waals surface area (Å²) in [7, 11) is 0. The molecule has 1 heterocycles. The number of hydrogen-bond donors (Lipinski definition) is 1. The van der Waals surface area contributed by atoms with E-state index in [0.29, 0.717) is 17.8 Å². The fourth-order valence-electron chi connectivity index (χ4n) is 2.46. The maximum Gasteiger partial charge on any atom is 0.258 e. The fourth-order valence-corrected chi connectivity index (χ4v) is 3.44. The molecule has 2 aromatic rings. The minimum absolute atomic E-state index is 0.190. The number of benzene rings is 2. The zero-order chi connectivity index (χ0) is 15.0. The van der Waals surface area contributed by atoms with E-state index >= 15 is 0 Å². The second kappa shape index (κ2) is 5.41. The maximum atomic E-state index is 13.5. The molecule has 0 aromatic heterocycles. The third kappa shape index (κ3) is 2.74. The van der Waals surface area contributed by atoms with Gasteiger partial charge in [-0.25, -0.2) is 4.39 Å². The zero-order valence-electron chi connectivity index (χ0n) is 11.6. The van der Waals surface area contributed by atoms with Crippen LogP contribution in [0.15, 0.2) is 41.3 Å². The Morgan fingerprint density at radius 3 is 2.86 bits per heavy atom. The Labute approximate surface area is 126 Å². The molecule has 2 N–H and O–H groups in total. The Hall–Kier alpha value is -2.01. The van der Waals surface area contributed by atoms with Crippen molar-refractivity contribution >= 4 is 29.0 Å². The Balaban J connectivity index is 2.01. The van der Waals surface area contributed by atoms with Gasteiger partial charge in [0.15, 0.2) is 0 Å². The molecular weight excluding hydrogens is 287 g/mol. The van der Waals surface area contributed by atoms with Gasteiger partial charge in [0.2, 0.25) is 0 Å². The van der Waals surface area contributed by atoms with Crippen LogP contribution in [0.1, 0.15) is 15.9 Å². The average Bonchev–Trinajstić information content (AvgIpc) is 2.44. The van der Waals surface area contributed by atoms with E-state index in [-0.39, 0.29) is 5.91 Å². The highest BCUT2D eigenvalue weighted by molar-refractivity contribution is 7.99. The summed E-state index contributed by atoms with van der Waals surface area (Å²) in [5.74, 6) is 0.235. The van der Waals surface area contributed by atoms with E-state index in [1.54, 1.807) is 35.7 Å². The lowest BCUT2D eigenvalue weighted by atomic mass is 10.1. The standard InChI is InChI=1S/C16H15FN2OS/c1-10-6-11(8-12(17)7-10)16(20)19-4-5-21-15-3-2-13(18)9-14(15)19/h2-3,6-9H,4-5,18H2,1H3. The molecule has 0 radical (unpaired) electrons. The Morgan fingerprint density at radius 1 is 1.29 bits per heavy atom. The van der Waals surface area contributed by atoms with E-state index in [1.807, 2.05) is 12.1 Å². The van der Waals surface area contributed by atoms with Gasteiger partial charge in [-0.05, 0) is 48.9 Å². The predicted molar refractivity (Wildman–Crippen MR) is 84.4 cm³/mol. The molecule has 0 unspecified atom stereocenters. The summed E-state index contributed by atoms with van der Waals surface area (Å²) in [4.78, 5) is 15.4. The van der Waals surface area contributed by atoms with E-state index in [4.69, 9.17) is 5.73 Å². The number of anilines is 2. The molecule has 5 heteroatoms. The van der Waals surface area contributed by atoms with Crippen LogP contribution in [0.5, 0.6) is 0 Å². The monoisotopic (exact) mass is 302 g/mol. The van der Waals surface area contributed by atoms with Crippen molar-refractivity contribution in [3.8, 4) is 0 Å². The number of carbonyl (C=O) groups is 1. The molecule has 0 atom stereocenters. The number of nitrogens with two attached hydrogens (primary N) is 1. The van der Waals surface area contributed by atoms with Gasteiger partial charge >= 0.3 is 0 Å². The minimum atomic E-state index is -0.391. The highest BCUT2D eigenvalue weighted by atomic mass is 32.2. The molecule has 0 fully saturated rings. The highest BCUT2D eigenvalue weighted by Gasteiger charge is 2.24. The summed E-state index contributed by atoms with van der Waals surface area (Å²) < 4.78 is 13.5. The smallest absolute Gasteiger partial charge is 0.258 e. The van der Waals surface area contributed by atoms with Crippen LogP contribution in [0.3, 0.4) is 0 Å².